The van der Waals surface area contributed by atoms with E-state index in [4.69, 9.17) is 0 Å². The summed E-state index contributed by atoms with van der Waals surface area (Å²) in [5, 5.41) is 10.7. The number of carbonyl (C=O) groups excluding carboxylic acids is 1. The molecule has 0 spiro atoms. The van der Waals surface area contributed by atoms with Crippen molar-refractivity contribution in [2.75, 3.05) is 5.32 Å². The van der Waals surface area contributed by atoms with Crippen LogP contribution in [0.3, 0.4) is 0 Å². The molecular weight excluding hydrogens is 328 g/mol. The topological polar surface area (TPSA) is 99.3 Å². The van der Waals surface area contributed by atoms with Crippen LogP contribution in [0.4, 0.5) is 5.69 Å². The Morgan fingerprint density at radius 2 is 2.00 bits per heavy atom. The molecule has 0 unspecified atom stereocenters. The maximum Gasteiger partial charge on any atom is 0.276 e. The van der Waals surface area contributed by atoms with Gasteiger partial charge in [-0.25, -0.2) is 4.98 Å². The van der Waals surface area contributed by atoms with Crippen molar-refractivity contribution in [1.82, 2.24) is 25.1 Å². The number of fused-ring (bicyclic) bond motifs is 1. The monoisotopic (exact) mass is 346 g/mol. The van der Waals surface area contributed by atoms with Crippen molar-refractivity contribution in [1.29, 1.82) is 0 Å². The lowest BCUT2D eigenvalue weighted by Gasteiger charge is -2.03. The van der Waals surface area contributed by atoms with E-state index < -0.39 is 0 Å². The number of amides is 1. The van der Waals surface area contributed by atoms with Gasteiger partial charge in [0, 0.05) is 40.3 Å². The summed E-state index contributed by atoms with van der Waals surface area (Å²) in [6.07, 6.45) is 5.23. The highest BCUT2D eigenvalue weighted by atomic mass is 16.1. The summed E-state index contributed by atoms with van der Waals surface area (Å²) < 4.78 is 0. The molecule has 4 aromatic heterocycles. The third-order valence-corrected chi connectivity index (χ3v) is 4.51. The summed E-state index contributed by atoms with van der Waals surface area (Å²) in [5.41, 5.74) is 6.63. The Morgan fingerprint density at radius 1 is 1.15 bits per heavy atom. The molecule has 0 radical (unpaired) electrons. The third kappa shape index (κ3) is 2.73. The molecule has 1 amide bonds. The zero-order valence-electron chi connectivity index (χ0n) is 14.7. The molecule has 0 aromatic carbocycles. The second-order valence-corrected chi connectivity index (χ2v) is 6.31. The summed E-state index contributed by atoms with van der Waals surface area (Å²) in [6.45, 7) is 5.76. The summed E-state index contributed by atoms with van der Waals surface area (Å²) in [6, 6.07) is 5.88. The van der Waals surface area contributed by atoms with Crippen LogP contribution in [-0.2, 0) is 0 Å². The van der Waals surface area contributed by atoms with Crippen LogP contribution in [0.25, 0.3) is 22.3 Å². The standard InChI is InChI=1S/C19H18N6O/c1-10-8-20-5-4-15(10)16-7-13-6-14(9-21-18(13)23-16)22-19(26)17-11(2)12(3)24-25-17/h4-9H,1-3H3,(H,21,23)(H,22,26)(H,24,25). The number of aromatic nitrogens is 5. The minimum Gasteiger partial charge on any atom is -0.339 e. The van der Waals surface area contributed by atoms with Gasteiger partial charge in [0.25, 0.3) is 5.91 Å². The van der Waals surface area contributed by atoms with Crippen LogP contribution in [0.15, 0.2) is 36.8 Å². The summed E-state index contributed by atoms with van der Waals surface area (Å²) in [4.78, 5) is 24.3. The van der Waals surface area contributed by atoms with Crippen molar-refractivity contribution in [2.24, 2.45) is 0 Å². The van der Waals surface area contributed by atoms with E-state index in [9.17, 15) is 4.79 Å². The first kappa shape index (κ1) is 16.0. The van der Waals surface area contributed by atoms with Crippen LogP contribution < -0.4 is 5.32 Å². The van der Waals surface area contributed by atoms with Crippen molar-refractivity contribution in [3.05, 3.63) is 59.3 Å². The highest BCUT2D eigenvalue weighted by molar-refractivity contribution is 6.04. The fourth-order valence-corrected chi connectivity index (χ4v) is 2.90. The van der Waals surface area contributed by atoms with Crippen molar-refractivity contribution >= 4 is 22.6 Å². The van der Waals surface area contributed by atoms with Gasteiger partial charge < -0.3 is 10.3 Å². The van der Waals surface area contributed by atoms with Crippen molar-refractivity contribution < 1.29 is 4.79 Å². The molecule has 130 valence electrons. The Labute approximate surface area is 149 Å². The van der Waals surface area contributed by atoms with Crippen molar-refractivity contribution in [3.63, 3.8) is 0 Å². The fraction of sp³-hybridized carbons (Fsp3) is 0.158. The molecule has 0 saturated carbocycles. The molecule has 0 aliphatic heterocycles. The van der Waals surface area contributed by atoms with Crippen LogP contribution >= 0.6 is 0 Å². The van der Waals surface area contributed by atoms with Crippen LogP contribution in [0, 0.1) is 20.8 Å². The number of nitrogens with one attached hydrogen (secondary N) is 3. The Kier molecular flexibility index (Phi) is 3.76. The predicted octanol–water partition coefficient (Wildman–Crippen LogP) is 3.53. The number of anilines is 1. The van der Waals surface area contributed by atoms with Gasteiger partial charge in [-0.2, -0.15) is 5.10 Å². The van der Waals surface area contributed by atoms with Crippen LogP contribution in [0.2, 0.25) is 0 Å². The highest BCUT2D eigenvalue weighted by Gasteiger charge is 2.15. The molecule has 0 aliphatic carbocycles. The van der Waals surface area contributed by atoms with Crippen LogP contribution in [-0.4, -0.2) is 31.1 Å². The van der Waals surface area contributed by atoms with Gasteiger partial charge in [-0.15, -0.1) is 0 Å². The van der Waals surface area contributed by atoms with Gasteiger partial charge in [-0.3, -0.25) is 14.9 Å². The number of hydrogen-bond donors (Lipinski definition) is 3. The van der Waals surface area contributed by atoms with Crippen LogP contribution in [0.1, 0.15) is 27.3 Å². The fourth-order valence-electron chi connectivity index (χ4n) is 2.90. The van der Waals surface area contributed by atoms with E-state index in [-0.39, 0.29) is 5.91 Å². The van der Waals surface area contributed by atoms with E-state index in [1.165, 1.54) is 0 Å². The lowest BCUT2D eigenvalue weighted by Crippen LogP contribution is -2.13. The number of nitrogens with zero attached hydrogens (tertiary/aromatic N) is 3. The molecule has 7 nitrogen and oxygen atoms in total. The molecule has 7 heteroatoms. The lowest BCUT2D eigenvalue weighted by molar-refractivity contribution is 0.102. The predicted molar refractivity (Wildman–Crippen MR) is 100 cm³/mol. The molecule has 4 aromatic rings. The van der Waals surface area contributed by atoms with Gasteiger partial charge in [0.15, 0.2) is 5.69 Å². The van der Waals surface area contributed by atoms with Gasteiger partial charge in [0.1, 0.15) is 5.65 Å². The quantitative estimate of drug-likeness (QED) is 0.528. The molecule has 4 rings (SSSR count). The first-order valence-corrected chi connectivity index (χ1v) is 8.25. The smallest absolute Gasteiger partial charge is 0.276 e. The van der Waals surface area contributed by atoms with E-state index in [1.54, 1.807) is 12.4 Å². The molecule has 4 heterocycles. The zero-order chi connectivity index (χ0) is 18.3. The molecule has 0 fully saturated rings. The largest absolute Gasteiger partial charge is 0.339 e. The second-order valence-electron chi connectivity index (χ2n) is 6.31. The zero-order valence-corrected chi connectivity index (χ0v) is 14.7. The Hall–Kier alpha value is -3.48. The SMILES string of the molecule is Cc1cnccc1-c1cc2cc(NC(=O)c3n[nH]c(C)c3C)cnc2[nH]1. The minimum absolute atomic E-state index is 0.256. The average molecular weight is 346 g/mol. The Bertz CT molecular complexity index is 1120. The summed E-state index contributed by atoms with van der Waals surface area (Å²) >= 11 is 0. The summed E-state index contributed by atoms with van der Waals surface area (Å²) in [5.74, 6) is -0.256. The average Bonchev–Trinajstić information content (AvgIpc) is 3.19. The molecule has 0 bridgehead atoms. The third-order valence-electron chi connectivity index (χ3n) is 4.51. The van der Waals surface area contributed by atoms with Gasteiger partial charge >= 0.3 is 0 Å². The van der Waals surface area contributed by atoms with Gasteiger partial charge in [-0.1, -0.05) is 0 Å². The molecule has 0 atom stereocenters. The molecule has 0 aliphatic rings. The van der Waals surface area contributed by atoms with E-state index in [1.807, 2.05) is 45.2 Å². The minimum atomic E-state index is -0.256. The van der Waals surface area contributed by atoms with E-state index in [0.29, 0.717) is 11.4 Å². The van der Waals surface area contributed by atoms with Gasteiger partial charge in [0.2, 0.25) is 0 Å². The number of pyridine rings is 2. The number of rotatable bonds is 3. The van der Waals surface area contributed by atoms with Crippen molar-refractivity contribution in [3.8, 4) is 11.3 Å². The van der Waals surface area contributed by atoms with Crippen molar-refractivity contribution in [2.45, 2.75) is 20.8 Å². The first-order chi connectivity index (χ1) is 12.5. The molecule has 3 N–H and O–H groups in total. The second kappa shape index (κ2) is 6.11. The van der Waals surface area contributed by atoms with E-state index in [0.717, 1.165) is 39.1 Å². The molecular formula is C19H18N6O. The maximum atomic E-state index is 12.4. The van der Waals surface area contributed by atoms with Crippen LogP contribution in [0.5, 0.6) is 0 Å². The highest BCUT2D eigenvalue weighted by Crippen LogP contribution is 2.26. The number of H-pyrrole nitrogens is 2. The number of aromatic amines is 2. The first-order valence-electron chi connectivity index (χ1n) is 8.25. The number of hydrogen-bond acceptors (Lipinski definition) is 4. The van der Waals surface area contributed by atoms with Gasteiger partial charge in [-0.05, 0) is 44.5 Å². The Morgan fingerprint density at radius 3 is 2.73 bits per heavy atom. The Balaban J connectivity index is 1.65. The number of carbonyl (C=O) groups is 1. The van der Waals surface area contributed by atoms with E-state index >= 15 is 0 Å². The van der Waals surface area contributed by atoms with Gasteiger partial charge in [0.05, 0.1) is 11.9 Å². The molecule has 26 heavy (non-hydrogen) atoms. The maximum absolute atomic E-state index is 12.4. The normalized spacial score (nSPS) is 11.0. The number of aryl methyl sites for hydroxylation is 2. The summed E-state index contributed by atoms with van der Waals surface area (Å²) in [7, 11) is 0. The lowest BCUT2D eigenvalue weighted by atomic mass is 10.1. The van der Waals surface area contributed by atoms with E-state index in [2.05, 4.69) is 30.5 Å². The molecule has 0 saturated heterocycles.